The molecule has 0 aromatic carbocycles. The third kappa shape index (κ3) is 5.83. The lowest BCUT2D eigenvalue weighted by molar-refractivity contribution is -0.349. The molecule has 0 aliphatic carbocycles. The molecule has 0 saturated carbocycles. The smallest absolute Gasteiger partial charge is 0.217 e. The molecule has 2 aliphatic heterocycles. The SMILES string of the molecule is CC(=O)N[C@H]1[C@H](OC[C@@H](C)O)O[C@H](CO)[C@@H](O[C@@H]2O[C@H](CO)[C@H](O)[C@H](O)[C@H]2O)[C@@H]1O. The largest absolute Gasteiger partial charge is 0.394 e. The van der Waals surface area contributed by atoms with Crippen molar-refractivity contribution < 1.29 is 59.5 Å². The molecule has 0 aromatic rings. The number of hydrogen-bond donors (Lipinski definition) is 8. The van der Waals surface area contributed by atoms with Gasteiger partial charge < -0.3 is 60.0 Å². The first-order valence-electron chi connectivity index (χ1n) is 9.57. The van der Waals surface area contributed by atoms with Crippen LogP contribution in [-0.4, -0.2) is 129 Å². The molecule has 0 unspecified atom stereocenters. The van der Waals surface area contributed by atoms with Gasteiger partial charge in [0.25, 0.3) is 0 Å². The lowest BCUT2D eigenvalue weighted by Crippen LogP contribution is -2.67. The van der Waals surface area contributed by atoms with Crippen molar-refractivity contribution in [3.63, 3.8) is 0 Å². The predicted octanol–water partition coefficient (Wildman–Crippen LogP) is -4.85. The number of nitrogens with one attached hydrogen (secondary N) is 1. The summed E-state index contributed by atoms with van der Waals surface area (Å²) in [5, 5.41) is 71.6. The van der Waals surface area contributed by atoms with Crippen molar-refractivity contribution in [2.24, 2.45) is 0 Å². The first kappa shape index (κ1) is 25.3. The van der Waals surface area contributed by atoms with Crippen molar-refractivity contribution in [2.45, 2.75) is 81.3 Å². The standard InChI is InChI=1S/C17H31NO12/c1-6(21)5-27-16-10(18-7(2)22)12(24)15(9(4-20)29-16)30-17-14(26)13(25)11(23)8(3-19)28-17/h6,8-17,19-21,23-26H,3-5H2,1-2H3,(H,18,22)/t6-,8-,9-,10-,11+,12-,13+,14-,15-,16-,17+/m1/s1. The molecule has 0 spiro atoms. The molecule has 13 nitrogen and oxygen atoms in total. The van der Waals surface area contributed by atoms with Crippen molar-refractivity contribution in [1.29, 1.82) is 0 Å². The van der Waals surface area contributed by atoms with Gasteiger partial charge in [0, 0.05) is 6.92 Å². The van der Waals surface area contributed by atoms with Gasteiger partial charge in [-0.25, -0.2) is 0 Å². The lowest BCUT2D eigenvalue weighted by atomic mass is 9.95. The highest BCUT2D eigenvalue weighted by Gasteiger charge is 2.51. The molecule has 2 saturated heterocycles. The number of carbonyl (C=O) groups excluding carboxylic acids is 1. The van der Waals surface area contributed by atoms with Crippen LogP contribution in [0.15, 0.2) is 0 Å². The van der Waals surface area contributed by atoms with Crippen LogP contribution in [0.4, 0.5) is 0 Å². The van der Waals surface area contributed by atoms with Crippen LogP contribution in [0, 0.1) is 0 Å². The van der Waals surface area contributed by atoms with E-state index >= 15 is 0 Å². The number of amides is 1. The zero-order chi connectivity index (χ0) is 22.6. The van der Waals surface area contributed by atoms with Crippen LogP contribution in [0.2, 0.25) is 0 Å². The second-order valence-corrected chi connectivity index (χ2v) is 7.42. The van der Waals surface area contributed by atoms with E-state index in [2.05, 4.69) is 5.32 Å². The fourth-order valence-corrected chi connectivity index (χ4v) is 3.33. The molecule has 30 heavy (non-hydrogen) atoms. The molecule has 176 valence electrons. The Hall–Kier alpha value is -0.970. The summed E-state index contributed by atoms with van der Waals surface area (Å²) in [7, 11) is 0. The maximum absolute atomic E-state index is 11.6. The number of hydrogen-bond acceptors (Lipinski definition) is 12. The van der Waals surface area contributed by atoms with E-state index in [9.17, 15) is 40.5 Å². The molecule has 1 amide bonds. The Balaban J connectivity index is 2.20. The molecule has 0 bridgehead atoms. The topological polar surface area (TPSA) is 208 Å². The quantitative estimate of drug-likeness (QED) is 0.178. The molecular formula is C17H31NO12. The highest BCUT2D eigenvalue weighted by atomic mass is 16.7. The summed E-state index contributed by atoms with van der Waals surface area (Å²) < 4.78 is 21.8. The highest BCUT2D eigenvalue weighted by molar-refractivity contribution is 5.73. The summed E-state index contributed by atoms with van der Waals surface area (Å²) in [5.41, 5.74) is 0. The zero-order valence-electron chi connectivity index (χ0n) is 16.6. The molecule has 11 atom stereocenters. The molecular weight excluding hydrogens is 410 g/mol. The maximum Gasteiger partial charge on any atom is 0.217 e. The van der Waals surface area contributed by atoms with E-state index in [-0.39, 0.29) is 6.61 Å². The normalized spacial score (nSPS) is 43.2. The van der Waals surface area contributed by atoms with Crippen LogP contribution in [-0.2, 0) is 23.7 Å². The maximum atomic E-state index is 11.6. The van der Waals surface area contributed by atoms with Crippen LogP contribution in [0.1, 0.15) is 13.8 Å². The van der Waals surface area contributed by atoms with Crippen molar-refractivity contribution in [2.75, 3.05) is 19.8 Å². The molecule has 2 fully saturated rings. The van der Waals surface area contributed by atoms with E-state index in [4.69, 9.17) is 18.9 Å². The molecule has 2 aliphatic rings. The Morgan fingerprint density at radius 2 is 1.57 bits per heavy atom. The van der Waals surface area contributed by atoms with E-state index in [1.165, 1.54) is 13.8 Å². The van der Waals surface area contributed by atoms with Gasteiger partial charge in [-0.15, -0.1) is 0 Å². The summed E-state index contributed by atoms with van der Waals surface area (Å²) in [6, 6.07) is -1.17. The third-order valence-corrected chi connectivity index (χ3v) is 4.86. The Morgan fingerprint density at radius 1 is 0.967 bits per heavy atom. The Kier molecular flexibility index (Phi) is 9.32. The van der Waals surface area contributed by atoms with E-state index < -0.39 is 86.6 Å². The van der Waals surface area contributed by atoms with Crippen LogP contribution in [0.3, 0.4) is 0 Å². The number of rotatable bonds is 8. The minimum atomic E-state index is -1.74. The average Bonchev–Trinajstić information content (AvgIpc) is 2.69. The lowest BCUT2D eigenvalue weighted by Gasteiger charge is -2.47. The second kappa shape index (κ2) is 11.1. The van der Waals surface area contributed by atoms with Crippen LogP contribution < -0.4 is 5.32 Å². The predicted molar refractivity (Wildman–Crippen MR) is 95.6 cm³/mol. The van der Waals surface area contributed by atoms with Gasteiger partial charge in [-0.1, -0.05) is 0 Å². The Labute approximate surface area is 172 Å². The zero-order valence-corrected chi connectivity index (χ0v) is 16.6. The van der Waals surface area contributed by atoms with Gasteiger partial charge >= 0.3 is 0 Å². The summed E-state index contributed by atoms with van der Waals surface area (Å²) in [4.78, 5) is 11.6. The average molecular weight is 441 g/mol. The van der Waals surface area contributed by atoms with Crippen molar-refractivity contribution in [1.82, 2.24) is 5.32 Å². The van der Waals surface area contributed by atoms with Gasteiger partial charge in [0.15, 0.2) is 12.6 Å². The van der Waals surface area contributed by atoms with Gasteiger partial charge in [0.1, 0.15) is 48.8 Å². The monoisotopic (exact) mass is 441 g/mol. The Morgan fingerprint density at radius 3 is 2.10 bits per heavy atom. The van der Waals surface area contributed by atoms with E-state index in [0.717, 1.165) is 0 Å². The van der Waals surface area contributed by atoms with Gasteiger partial charge in [-0.05, 0) is 6.92 Å². The molecule has 2 rings (SSSR count). The first-order valence-corrected chi connectivity index (χ1v) is 9.57. The van der Waals surface area contributed by atoms with E-state index in [1.807, 2.05) is 0 Å². The summed E-state index contributed by atoms with van der Waals surface area (Å²) in [5.74, 6) is -0.526. The second-order valence-electron chi connectivity index (χ2n) is 7.42. The number of aliphatic hydroxyl groups excluding tert-OH is 7. The first-order chi connectivity index (χ1) is 14.1. The summed E-state index contributed by atoms with van der Waals surface area (Å²) in [6.07, 6.45) is -14.0. The fourth-order valence-electron chi connectivity index (χ4n) is 3.33. The third-order valence-electron chi connectivity index (χ3n) is 4.86. The summed E-state index contributed by atoms with van der Waals surface area (Å²) >= 11 is 0. The van der Waals surface area contributed by atoms with Crippen molar-refractivity contribution in [3.8, 4) is 0 Å². The minimum absolute atomic E-state index is 0.177. The van der Waals surface area contributed by atoms with Crippen LogP contribution >= 0.6 is 0 Å². The van der Waals surface area contributed by atoms with Gasteiger partial charge in [-0.2, -0.15) is 0 Å². The van der Waals surface area contributed by atoms with Gasteiger partial charge in [0.2, 0.25) is 5.91 Å². The summed E-state index contributed by atoms with van der Waals surface area (Å²) in [6.45, 7) is 1.15. The van der Waals surface area contributed by atoms with Crippen LogP contribution in [0.5, 0.6) is 0 Å². The number of carbonyl (C=O) groups is 1. The molecule has 2 heterocycles. The number of ether oxygens (including phenoxy) is 4. The van der Waals surface area contributed by atoms with Crippen LogP contribution in [0.25, 0.3) is 0 Å². The molecule has 0 aromatic heterocycles. The van der Waals surface area contributed by atoms with Crippen molar-refractivity contribution >= 4 is 5.91 Å². The van der Waals surface area contributed by atoms with E-state index in [0.29, 0.717) is 0 Å². The fraction of sp³-hybridized carbons (Fsp3) is 0.941. The molecule has 8 N–H and O–H groups in total. The van der Waals surface area contributed by atoms with Crippen molar-refractivity contribution in [3.05, 3.63) is 0 Å². The highest BCUT2D eigenvalue weighted by Crippen LogP contribution is 2.29. The molecule has 13 heteroatoms. The number of aliphatic hydroxyl groups is 7. The Bertz CT molecular complexity index is 549. The van der Waals surface area contributed by atoms with E-state index in [1.54, 1.807) is 0 Å². The van der Waals surface area contributed by atoms with Gasteiger partial charge in [0.05, 0.1) is 25.9 Å². The minimum Gasteiger partial charge on any atom is -0.394 e. The van der Waals surface area contributed by atoms with Gasteiger partial charge in [-0.3, -0.25) is 4.79 Å². The molecule has 0 radical (unpaired) electrons.